The molecular formula is C18H19N3O. The number of anilines is 1. The Hall–Kier alpha value is -2.46. The Labute approximate surface area is 130 Å². The first-order valence-corrected chi connectivity index (χ1v) is 7.27. The van der Waals surface area contributed by atoms with Crippen LogP contribution in [0.1, 0.15) is 16.7 Å². The van der Waals surface area contributed by atoms with Crippen molar-refractivity contribution in [3.8, 4) is 11.1 Å². The maximum atomic E-state index is 9.18. The number of benzene rings is 1. The van der Waals surface area contributed by atoms with Gasteiger partial charge in [0.25, 0.3) is 0 Å². The zero-order valence-electron chi connectivity index (χ0n) is 12.8. The van der Waals surface area contributed by atoms with Crippen molar-refractivity contribution in [2.45, 2.75) is 13.8 Å². The largest absolute Gasteiger partial charge is 0.390 e. The quantitative estimate of drug-likeness (QED) is 0.914. The van der Waals surface area contributed by atoms with E-state index in [0.717, 1.165) is 22.3 Å². The fraction of sp³-hybridized carbons (Fsp3) is 0.222. The van der Waals surface area contributed by atoms with E-state index in [4.69, 9.17) is 5.73 Å². The highest BCUT2D eigenvalue weighted by Gasteiger charge is 2.14. The number of aliphatic hydroxyl groups excluding tert-OH is 1. The van der Waals surface area contributed by atoms with E-state index < -0.39 is 0 Å². The number of aliphatic imine (C=N–C) groups is 1. The Morgan fingerprint density at radius 2 is 2.00 bits per heavy atom. The van der Waals surface area contributed by atoms with E-state index in [1.807, 2.05) is 12.3 Å². The molecule has 0 saturated carbocycles. The van der Waals surface area contributed by atoms with E-state index in [1.54, 1.807) is 0 Å². The monoisotopic (exact) mass is 293 g/mol. The Morgan fingerprint density at radius 3 is 2.73 bits per heavy atom. The Bertz CT molecular complexity index is 791. The topological polar surface area (TPSA) is 71.5 Å². The van der Waals surface area contributed by atoms with Crippen molar-refractivity contribution in [3.63, 3.8) is 0 Å². The molecule has 4 heteroatoms. The van der Waals surface area contributed by atoms with Crippen LogP contribution in [0.15, 0.2) is 41.5 Å². The molecule has 1 aromatic carbocycles. The Morgan fingerprint density at radius 1 is 1.18 bits per heavy atom. The molecule has 0 saturated heterocycles. The van der Waals surface area contributed by atoms with Crippen molar-refractivity contribution >= 4 is 17.1 Å². The highest BCUT2D eigenvalue weighted by molar-refractivity contribution is 6.06. The molecule has 3 rings (SSSR count). The third-order valence-electron chi connectivity index (χ3n) is 3.92. The summed E-state index contributed by atoms with van der Waals surface area (Å²) in [5, 5.41) is 9.18. The van der Waals surface area contributed by atoms with Gasteiger partial charge < -0.3 is 10.8 Å². The number of hydrogen-bond acceptors (Lipinski definition) is 4. The van der Waals surface area contributed by atoms with E-state index in [0.29, 0.717) is 18.1 Å². The van der Waals surface area contributed by atoms with Crippen LogP contribution in [-0.2, 0) is 0 Å². The standard InChI is InChI=1S/C18H19N3O/c1-11-3-4-12(2)16(5-11)14-7-17(18(19)21-9-14)13-6-15(10-22)20-8-13/h3-7,9,22H,8,10H2,1-2H3,(H2,19,21). The van der Waals surface area contributed by atoms with Gasteiger partial charge in [-0.25, -0.2) is 4.98 Å². The minimum Gasteiger partial charge on any atom is -0.390 e. The van der Waals surface area contributed by atoms with Crippen LogP contribution in [0, 0.1) is 13.8 Å². The first kappa shape index (κ1) is 14.5. The normalized spacial score (nSPS) is 14.0. The van der Waals surface area contributed by atoms with Gasteiger partial charge in [-0.1, -0.05) is 23.8 Å². The van der Waals surface area contributed by atoms with E-state index in [2.05, 4.69) is 48.1 Å². The number of nitrogen functional groups attached to an aromatic ring is 1. The van der Waals surface area contributed by atoms with Gasteiger partial charge in [0.2, 0.25) is 0 Å². The summed E-state index contributed by atoms with van der Waals surface area (Å²) in [4.78, 5) is 8.62. The predicted molar refractivity (Wildman–Crippen MR) is 90.9 cm³/mol. The third kappa shape index (κ3) is 2.65. The van der Waals surface area contributed by atoms with Gasteiger partial charge >= 0.3 is 0 Å². The molecule has 1 aromatic heterocycles. The molecule has 0 aliphatic carbocycles. The van der Waals surface area contributed by atoms with E-state index in [-0.39, 0.29) is 6.61 Å². The van der Waals surface area contributed by atoms with Crippen LogP contribution < -0.4 is 5.73 Å². The van der Waals surface area contributed by atoms with Gasteiger partial charge in [0, 0.05) is 17.3 Å². The van der Waals surface area contributed by atoms with Gasteiger partial charge in [-0.15, -0.1) is 0 Å². The fourth-order valence-corrected chi connectivity index (χ4v) is 2.66. The number of nitrogens with zero attached hydrogens (tertiary/aromatic N) is 2. The summed E-state index contributed by atoms with van der Waals surface area (Å²) in [5.74, 6) is 0.495. The molecule has 0 radical (unpaired) electrons. The molecule has 4 nitrogen and oxygen atoms in total. The lowest BCUT2D eigenvalue weighted by atomic mass is 9.97. The van der Waals surface area contributed by atoms with Crippen LogP contribution in [0.4, 0.5) is 5.82 Å². The molecule has 1 aliphatic heterocycles. The van der Waals surface area contributed by atoms with Crippen molar-refractivity contribution in [1.82, 2.24) is 4.98 Å². The highest BCUT2D eigenvalue weighted by atomic mass is 16.3. The number of aromatic nitrogens is 1. The molecule has 0 fully saturated rings. The molecule has 112 valence electrons. The van der Waals surface area contributed by atoms with Gasteiger partial charge in [0.05, 0.1) is 18.9 Å². The van der Waals surface area contributed by atoms with Crippen molar-refractivity contribution in [2.75, 3.05) is 18.9 Å². The second-order valence-electron chi connectivity index (χ2n) is 5.61. The van der Waals surface area contributed by atoms with Crippen molar-refractivity contribution in [1.29, 1.82) is 0 Å². The Kier molecular flexibility index (Phi) is 3.77. The van der Waals surface area contributed by atoms with Gasteiger partial charge in [-0.3, -0.25) is 4.99 Å². The van der Waals surface area contributed by atoms with Crippen LogP contribution in [0.3, 0.4) is 0 Å². The van der Waals surface area contributed by atoms with Crippen molar-refractivity contribution in [3.05, 3.63) is 53.2 Å². The second kappa shape index (κ2) is 5.73. The van der Waals surface area contributed by atoms with E-state index in [1.165, 1.54) is 11.1 Å². The summed E-state index contributed by atoms with van der Waals surface area (Å²) in [5.41, 5.74) is 13.2. The molecule has 2 aromatic rings. The summed E-state index contributed by atoms with van der Waals surface area (Å²) in [6, 6.07) is 8.44. The van der Waals surface area contributed by atoms with Crippen LogP contribution >= 0.6 is 0 Å². The van der Waals surface area contributed by atoms with Crippen molar-refractivity contribution in [2.24, 2.45) is 4.99 Å². The third-order valence-corrected chi connectivity index (χ3v) is 3.92. The number of aliphatic hydroxyl groups is 1. The number of nitrogens with two attached hydrogens (primary N) is 1. The molecule has 0 atom stereocenters. The van der Waals surface area contributed by atoms with Crippen LogP contribution in [0.2, 0.25) is 0 Å². The summed E-state index contributed by atoms with van der Waals surface area (Å²) in [7, 11) is 0. The van der Waals surface area contributed by atoms with Gasteiger partial charge in [0.15, 0.2) is 0 Å². The van der Waals surface area contributed by atoms with Gasteiger partial charge in [0.1, 0.15) is 5.82 Å². The molecule has 0 spiro atoms. The predicted octanol–water partition coefficient (Wildman–Crippen LogP) is 2.78. The second-order valence-corrected chi connectivity index (χ2v) is 5.61. The molecular weight excluding hydrogens is 274 g/mol. The smallest absolute Gasteiger partial charge is 0.131 e. The van der Waals surface area contributed by atoms with Gasteiger partial charge in [-0.05, 0) is 42.7 Å². The minimum atomic E-state index is -0.0481. The molecule has 0 amide bonds. The lowest BCUT2D eigenvalue weighted by molar-refractivity contribution is 0.358. The minimum absolute atomic E-state index is 0.0481. The lowest BCUT2D eigenvalue weighted by Crippen LogP contribution is -2.00. The Balaban J connectivity index is 2.06. The average Bonchev–Trinajstić information content (AvgIpc) is 2.99. The maximum Gasteiger partial charge on any atom is 0.131 e. The lowest BCUT2D eigenvalue weighted by Gasteiger charge is -2.11. The zero-order valence-corrected chi connectivity index (χ0v) is 12.8. The molecule has 22 heavy (non-hydrogen) atoms. The van der Waals surface area contributed by atoms with E-state index in [9.17, 15) is 5.11 Å². The highest BCUT2D eigenvalue weighted by Crippen LogP contribution is 2.30. The zero-order chi connectivity index (χ0) is 15.7. The number of rotatable bonds is 3. The van der Waals surface area contributed by atoms with E-state index >= 15 is 0 Å². The number of pyridine rings is 1. The molecule has 0 bridgehead atoms. The van der Waals surface area contributed by atoms with Crippen LogP contribution in [0.25, 0.3) is 16.7 Å². The van der Waals surface area contributed by atoms with Crippen LogP contribution in [-0.4, -0.2) is 29.0 Å². The average molecular weight is 293 g/mol. The summed E-state index contributed by atoms with van der Waals surface area (Å²) in [6.45, 7) is 4.66. The molecule has 0 unspecified atom stereocenters. The fourth-order valence-electron chi connectivity index (χ4n) is 2.66. The summed E-state index contributed by atoms with van der Waals surface area (Å²) < 4.78 is 0. The molecule has 1 aliphatic rings. The molecule has 3 N–H and O–H groups in total. The van der Waals surface area contributed by atoms with Crippen molar-refractivity contribution < 1.29 is 5.11 Å². The number of aryl methyl sites for hydroxylation is 2. The van der Waals surface area contributed by atoms with Crippen LogP contribution in [0.5, 0.6) is 0 Å². The van der Waals surface area contributed by atoms with Gasteiger partial charge in [-0.2, -0.15) is 0 Å². The summed E-state index contributed by atoms with van der Waals surface area (Å²) in [6.07, 6.45) is 3.70. The number of hydrogen-bond donors (Lipinski definition) is 2. The summed E-state index contributed by atoms with van der Waals surface area (Å²) >= 11 is 0. The first-order chi connectivity index (χ1) is 10.6. The SMILES string of the molecule is Cc1ccc(C)c(-c2cnc(N)c(C3=CC(CO)=NC3)c2)c1. The maximum absolute atomic E-state index is 9.18. The molecule has 2 heterocycles. The first-order valence-electron chi connectivity index (χ1n) is 7.27.